The minimum Gasteiger partial charge on any atom is -0.550 e. The molecule has 0 amide bonds. The Labute approximate surface area is 318 Å². The maximum atomic E-state index is 10.7. The van der Waals surface area contributed by atoms with E-state index < -0.39 is 23.9 Å². The maximum Gasteiger partial charge on any atom is 4.00 e. The summed E-state index contributed by atoms with van der Waals surface area (Å²) >= 11 is 0. The van der Waals surface area contributed by atoms with Gasteiger partial charge in [0.2, 0.25) is 0 Å². The van der Waals surface area contributed by atoms with Gasteiger partial charge in [-0.15, -0.1) is 0 Å². The quantitative estimate of drug-likeness (QED) is 0.248. The van der Waals surface area contributed by atoms with Crippen LogP contribution in [0.15, 0.2) is 0 Å². The minimum absolute atomic E-state index is 0. The predicted octanol–water partition coefficient (Wildman–Crippen LogP) is 4.99. The van der Waals surface area contributed by atoms with Crippen molar-refractivity contribution in [3.63, 3.8) is 0 Å². The van der Waals surface area contributed by atoms with Crippen LogP contribution in [0.2, 0.25) is 0 Å². The van der Waals surface area contributed by atoms with Crippen LogP contribution in [0.3, 0.4) is 0 Å². The zero-order valence-corrected chi connectivity index (χ0v) is 35.2. The number of rotatable bonds is 12. The third-order valence-electron chi connectivity index (χ3n) is 11.8. The number of carboxylic acid groups (broad SMARTS) is 4. The SMILES string of the molecule is CCC(C(=O)[O-])C1CCCCC1.CCC(C(=O)[O-])C1CCCCC1.CCC(C(=O)[O-])C1CCCCC1.CCC(C(=O)[O-])C1CCCCC1.[Pb+4]. The summed E-state index contributed by atoms with van der Waals surface area (Å²) in [6, 6.07) is 0. The van der Waals surface area contributed by atoms with Crippen molar-refractivity contribution in [2.75, 3.05) is 0 Å². The summed E-state index contributed by atoms with van der Waals surface area (Å²) in [5.74, 6) is -2.54. The number of carbonyl (C=O) groups is 4. The van der Waals surface area contributed by atoms with Gasteiger partial charge < -0.3 is 39.6 Å². The molecule has 0 aromatic heterocycles. The smallest absolute Gasteiger partial charge is 0.550 e. The van der Waals surface area contributed by atoms with Crippen molar-refractivity contribution in [1.82, 2.24) is 0 Å². The first-order valence-electron chi connectivity index (χ1n) is 19.8. The largest absolute Gasteiger partial charge is 4.00 e. The molecule has 4 unspecified atom stereocenters. The monoisotopic (exact) mass is 884 g/mol. The van der Waals surface area contributed by atoms with Crippen LogP contribution in [0.25, 0.3) is 0 Å². The van der Waals surface area contributed by atoms with E-state index in [1.165, 1.54) is 77.0 Å². The van der Waals surface area contributed by atoms with Crippen LogP contribution in [-0.2, 0) is 19.2 Å². The molecule has 280 valence electrons. The molecule has 0 heterocycles. The van der Waals surface area contributed by atoms with Crippen molar-refractivity contribution in [3.05, 3.63) is 0 Å². The summed E-state index contributed by atoms with van der Waals surface area (Å²) in [4.78, 5) is 42.9. The number of aliphatic carboxylic acids is 4. The molecule has 0 bridgehead atoms. The van der Waals surface area contributed by atoms with Crippen LogP contribution in [0.1, 0.15) is 182 Å². The van der Waals surface area contributed by atoms with E-state index in [9.17, 15) is 39.6 Å². The fraction of sp³-hybridized carbons (Fsp3) is 0.900. The summed E-state index contributed by atoms with van der Waals surface area (Å²) < 4.78 is 0. The normalized spacial score (nSPS) is 21.6. The van der Waals surface area contributed by atoms with E-state index in [0.717, 1.165) is 77.0 Å². The van der Waals surface area contributed by atoms with Crippen molar-refractivity contribution in [2.24, 2.45) is 47.3 Å². The molecule has 4 atom stereocenters. The van der Waals surface area contributed by atoms with Crippen LogP contribution in [0, 0.1) is 47.3 Å². The van der Waals surface area contributed by atoms with Crippen molar-refractivity contribution >= 4 is 51.2 Å². The molecule has 8 nitrogen and oxygen atoms in total. The summed E-state index contributed by atoms with van der Waals surface area (Å²) in [5.41, 5.74) is 0. The van der Waals surface area contributed by atoms with Crippen LogP contribution >= 0.6 is 0 Å². The molecule has 0 aromatic rings. The first kappa shape index (κ1) is 47.8. The average Bonchev–Trinajstić information content (AvgIpc) is 3.08. The zero-order valence-electron chi connectivity index (χ0n) is 31.4. The summed E-state index contributed by atoms with van der Waals surface area (Å²) in [7, 11) is 0. The summed E-state index contributed by atoms with van der Waals surface area (Å²) in [6.07, 6.45) is 26.4. The van der Waals surface area contributed by atoms with Gasteiger partial charge in [0.05, 0.1) is 0 Å². The van der Waals surface area contributed by atoms with E-state index in [4.69, 9.17) is 0 Å². The Hall–Kier alpha value is -1.20. The standard InChI is InChI=1S/4C10H18O2.Pb/c4*1-2-9(10(11)12)8-6-4-3-5-7-8;/h4*8-9H,2-7H2,1H3,(H,11,12);/q;;;;+4/p-4. The fourth-order valence-electron chi connectivity index (χ4n) is 8.92. The van der Waals surface area contributed by atoms with E-state index in [1.807, 2.05) is 27.7 Å². The van der Waals surface area contributed by atoms with Crippen LogP contribution in [0.5, 0.6) is 0 Å². The summed E-state index contributed by atoms with van der Waals surface area (Å²) in [5, 5.41) is 42.9. The minimum atomic E-state index is -0.843. The molecule has 4 aliphatic rings. The van der Waals surface area contributed by atoms with Gasteiger partial charge in [-0.1, -0.05) is 105 Å². The van der Waals surface area contributed by atoms with Crippen LogP contribution < -0.4 is 20.4 Å². The molecule has 4 fully saturated rings. The Kier molecular flexibility index (Phi) is 27.7. The molecule has 0 saturated heterocycles. The van der Waals surface area contributed by atoms with E-state index in [-0.39, 0.29) is 51.0 Å². The predicted molar refractivity (Wildman–Crippen MR) is 187 cm³/mol. The van der Waals surface area contributed by atoms with Gasteiger partial charge in [-0.25, -0.2) is 0 Å². The Balaban J connectivity index is 0.000000623. The van der Waals surface area contributed by atoms with Gasteiger partial charge in [-0.2, -0.15) is 0 Å². The molecule has 4 rings (SSSR count). The molecule has 49 heavy (non-hydrogen) atoms. The first-order valence-corrected chi connectivity index (χ1v) is 19.8. The Morgan fingerprint density at radius 2 is 0.510 bits per heavy atom. The van der Waals surface area contributed by atoms with Gasteiger partial charge in [0.1, 0.15) is 0 Å². The average molecular weight is 884 g/mol. The Morgan fingerprint density at radius 1 is 0.367 bits per heavy atom. The molecule has 0 aliphatic heterocycles. The van der Waals surface area contributed by atoms with Gasteiger partial charge in [-0.05, 0) is 101 Å². The van der Waals surface area contributed by atoms with Crippen molar-refractivity contribution < 1.29 is 39.6 Å². The Morgan fingerprint density at radius 3 is 0.612 bits per heavy atom. The van der Waals surface area contributed by atoms with E-state index in [2.05, 4.69) is 0 Å². The molecule has 0 aromatic carbocycles. The second-order valence-corrected chi connectivity index (χ2v) is 14.9. The molecule has 9 heteroatoms. The molecule has 4 aliphatic carbocycles. The fourth-order valence-corrected chi connectivity index (χ4v) is 8.92. The van der Waals surface area contributed by atoms with Gasteiger partial charge >= 0.3 is 27.3 Å². The molecule has 0 N–H and O–H groups in total. The van der Waals surface area contributed by atoms with E-state index in [1.54, 1.807) is 0 Å². The van der Waals surface area contributed by atoms with Crippen LogP contribution in [0.4, 0.5) is 0 Å². The second-order valence-electron chi connectivity index (χ2n) is 14.9. The second kappa shape index (κ2) is 28.4. The molecular weight excluding hydrogens is 816 g/mol. The van der Waals surface area contributed by atoms with Gasteiger partial charge in [0, 0.05) is 47.5 Å². The van der Waals surface area contributed by atoms with Gasteiger partial charge in [0.25, 0.3) is 0 Å². The topological polar surface area (TPSA) is 161 Å². The van der Waals surface area contributed by atoms with Gasteiger partial charge in [0.15, 0.2) is 0 Å². The number of hydrogen-bond acceptors (Lipinski definition) is 8. The van der Waals surface area contributed by atoms with Crippen molar-refractivity contribution in [1.29, 1.82) is 0 Å². The number of carbonyl (C=O) groups excluding carboxylic acids is 4. The summed E-state index contributed by atoms with van der Waals surface area (Å²) in [6.45, 7) is 7.76. The zero-order chi connectivity index (χ0) is 35.9. The Bertz CT molecular complexity index is 743. The third-order valence-corrected chi connectivity index (χ3v) is 11.8. The van der Waals surface area contributed by atoms with Crippen molar-refractivity contribution in [2.45, 2.75) is 182 Å². The van der Waals surface area contributed by atoms with Gasteiger partial charge in [-0.3, -0.25) is 0 Å². The molecule has 0 radical (unpaired) electrons. The molecule has 4 saturated carbocycles. The number of carboxylic acids is 4. The third kappa shape index (κ3) is 18.7. The first-order chi connectivity index (χ1) is 23.0. The van der Waals surface area contributed by atoms with Crippen LogP contribution in [-0.4, -0.2) is 51.2 Å². The maximum absolute atomic E-state index is 10.7. The molecule has 0 spiro atoms. The van der Waals surface area contributed by atoms with Crippen molar-refractivity contribution in [3.8, 4) is 0 Å². The molecular formula is C40H68O8Pb. The van der Waals surface area contributed by atoms with E-state index >= 15 is 0 Å². The van der Waals surface area contributed by atoms with E-state index in [0.29, 0.717) is 23.7 Å². The number of hydrogen-bond donors (Lipinski definition) is 0.